The quantitative estimate of drug-likeness (QED) is 0.493. The van der Waals surface area contributed by atoms with Crippen molar-refractivity contribution in [1.82, 2.24) is 0 Å². The molecular weight excluding hydrogens is 351 g/mol. The van der Waals surface area contributed by atoms with Gasteiger partial charge in [0.05, 0.1) is 0 Å². The van der Waals surface area contributed by atoms with Crippen LogP contribution in [0.3, 0.4) is 0 Å². The molecule has 0 heterocycles. The fourth-order valence-electron chi connectivity index (χ4n) is 3.20. The third-order valence-electron chi connectivity index (χ3n) is 3.93. The van der Waals surface area contributed by atoms with E-state index in [0.29, 0.717) is 18.8 Å². The molecule has 0 amide bonds. The number of hydrogen-bond donors (Lipinski definition) is 0. The van der Waals surface area contributed by atoms with Crippen LogP contribution < -0.4 is 34.3 Å². The van der Waals surface area contributed by atoms with Crippen molar-refractivity contribution in [2.75, 3.05) is 13.2 Å². The molecule has 0 fully saturated rings. The van der Waals surface area contributed by atoms with Gasteiger partial charge in [0.1, 0.15) is 22.5 Å². The molecule has 0 radical (unpaired) electrons. The summed E-state index contributed by atoms with van der Waals surface area (Å²) in [5.74, 6) is 0.332. The predicted molar refractivity (Wildman–Crippen MR) is 93.8 cm³/mol. The SMILES string of the molecule is CCOCC(Oc1ccccc1)(C(C)(C)CC(C)(C)C)S(=O)(=O)[O-].[Na+]. The minimum atomic E-state index is -4.82. The van der Waals surface area contributed by atoms with Crippen LogP contribution in [-0.4, -0.2) is 31.1 Å². The molecule has 0 spiro atoms. The summed E-state index contributed by atoms with van der Waals surface area (Å²) in [5.41, 5.74) is -1.15. The van der Waals surface area contributed by atoms with E-state index in [1.54, 1.807) is 51.1 Å². The van der Waals surface area contributed by atoms with Gasteiger partial charge in [-0.1, -0.05) is 52.8 Å². The Balaban J connectivity index is 0.00000576. The van der Waals surface area contributed by atoms with E-state index < -0.39 is 20.5 Å². The van der Waals surface area contributed by atoms with Gasteiger partial charge < -0.3 is 14.0 Å². The molecule has 0 saturated heterocycles. The van der Waals surface area contributed by atoms with Crippen molar-refractivity contribution in [3.63, 3.8) is 0 Å². The Hall–Kier alpha value is -0.110. The van der Waals surface area contributed by atoms with Crippen molar-refractivity contribution in [3.8, 4) is 5.75 Å². The molecule has 0 aromatic heterocycles. The molecule has 1 aromatic rings. The third-order valence-corrected chi connectivity index (χ3v) is 5.49. The van der Waals surface area contributed by atoms with Gasteiger partial charge in [-0.15, -0.1) is 0 Å². The Labute approximate surface area is 174 Å². The minimum absolute atomic E-state index is 0. The smallest absolute Gasteiger partial charge is 0.745 e. The molecular formula is C18H29NaO5S. The van der Waals surface area contributed by atoms with Crippen LogP contribution in [0, 0.1) is 10.8 Å². The van der Waals surface area contributed by atoms with E-state index in [-0.39, 0.29) is 41.6 Å². The molecule has 5 nitrogen and oxygen atoms in total. The number of ether oxygens (including phenoxy) is 2. The predicted octanol–water partition coefficient (Wildman–Crippen LogP) is 0.810. The van der Waals surface area contributed by atoms with Crippen molar-refractivity contribution in [2.45, 2.75) is 52.9 Å². The van der Waals surface area contributed by atoms with E-state index in [1.165, 1.54) is 0 Å². The average Bonchev–Trinajstić information content (AvgIpc) is 2.40. The summed E-state index contributed by atoms with van der Waals surface area (Å²) in [5, 5.41) is 0. The van der Waals surface area contributed by atoms with E-state index in [1.807, 2.05) is 20.8 Å². The van der Waals surface area contributed by atoms with E-state index in [0.717, 1.165) is 0 Å². The van der Waals surface area contributed by atoms with Crippen molar-refractivity contribution >= 4 is 10.1 Å². The van der Waals surface area contributed by atoms with Gasteiger partial charge >= 0.3 is 29.6 Å². The molecule has 0 aliphatic heterocycles. The molecule has 0 bridgehead atoms. The zero-order valence-electron chi connectivity index (χ0n) is 16.5. The summed E-state index contributed by atoms with van der Waals surface area (Å²) < 4.78 is 48.3. The van der Waals surface area contributed by atoms with Gasteiger partial charge in [-0.05, 0) is 30.9 Å². The first-order valence-electron chi connectivity index (χ1n) is 8.12. The first kappa shape index (κ1) is 24.9. The molecule has 0 aliphatic carbocycles. The Morgan fingerprint density at radius 2 is 1.56 bits per heavy atom. The second-order valence-electron chi connectivity index (χ2n) is 7.88. The molecule has 25 heavy (non-hydrogen) atoms. The van der Waals surface area contributed by atoms with Crippen molar-refractivity contribution in [1.29, 1.82) is 0 Å². The van der Waals surface area contributed by atoms with Crippen molar-refractivity contribution < 1.29 is 52.0 Å². The average molecular weight is 380 g/mol. The van der Waals surface area contributed by atoms with Gasteiger partial charge in [-0.25, -0.2) is 8.42 Å². The van der Waals surface area contributed by atoms with Crippen LogP contribution in [0.15, 0.2) is 30.3 Å². The van der Waals surface area contributed by atoms with Gasteiger partial charge in [-0.3, -0.25) is 0 Å². The van der Waals surface area contributed by atoms with Crippen LogP contribution in [-0.2, 0) is 14.9 Å². The second-order valence-corrected chi connectivity index (χ2v) is 9.45. The monoisotopic (exact) mass is 380 g/mol. The molecule has 1 aromatic carbocycles. The van der Waals surface area contributed by atoms with Crippen molar-refractivity contribution in [3.05, 3.63) is 30.3 Å². The first-order chi connectivity index (χ1) is 10.8. The van der Waals surface area contributed by atoms with Crippen LogP contribution in [0.4, 0.5) is 0 Å². The molecule has 138 valence electrons. The third kappa shape index (κ3) is 6.52. The van der Waals surface area contributed by atoms with Crippen LogP contribution in [0.25, 0.3) is 0 Å². The molecule has 7 heteroatoms. The minimum Gasteiger partial charge on any atom is -0.745 e. The summed E-state index contributed by atoms with van der Waals surface area (Å²) in [6, 6.07) is 8.53. The van der Waals surface area contributed by atoms with E-state index >= 15 is 0 Å². The number of hydrogen-bond acceptors (Lipinski definition) is 5. The van der Waals surface area contributed by atoms with Crippen LogP contribution in [0.1, 0.15) is 48.0 Å². The Morgan fingerprint density at radius 3 is 1.96 bits per heavy atom. The summed E-state index contributed by atoms with van der Waals surface area (Å²) in [6.45, 7) is 11.2. The van der Waals surface area contributed by atoms with Crippen LogP contribution >= 0.6 is 0 Å². The second kappa shape index (κ2) is 9.20. The zero-order valence-corrected chi connectivity index (χ0v) is 19.3. The number of para-hydroxylation sites is 1. The van der Waals surface area contributed by atoms with Gasteiger partial charge in [0, 0.05) is 12.0 Å². The summed E-state index contributed by atoms with van der Waals surface area (Å²) >= 11 is 0. The number of benzene rings is 1. The van der Waals surface area contributed by atoms with E-state index in [4.69, 9.17) is 9.47 Å². The molecule has 1 rings (SSSR count). The summed E-state index contributed by atoms with van der Waals surface area (Å²) in [4.78, 5) is -2.01. The molecule has 0 aliphatic rings. The van der Waals surface area contributed by atoms with Crippen molar-refractivity contribution in [2.24, 2.45) is 10.8 Å². The molecule has 0 saturated carbocycles. The Bertz CT molecular complexity index is 623. The standard InChI is InChI=1S/C18H30O5S.Na/c1-7-22-14-18(24(19,20)21,17(5,6)13-16(2,3)4)23-15-11-9-8-10-12-15;/h8-12H,7,13-14H2,1-6H3,(H,19,20,21);/q;+1/p-1. The van der Waals surface area contributed by atoms with Gasteiger partial charge in [0.25, 0.3) is 0 Å². The van der Waals surface area contributed by atoms with Gasteiger partial charge in [0.2, 0.25) is 4.93 Å². The zero-order chi connectivity index (χ0) is 18.6. The largest absolute Gasteiger partial charge is 1.00 e. The molecule has 1 unspecified atom stereocenters. The maximum absolute atomic E-state index is 12.3. The molecule has 1 atom stereocenters. The molecule has 0 N–H and O–H groups in total. The maximum Gasteiger partial charge on any atom is 1.00 e. The van der Waals surface area contributed by atoms with E-state index in [2.05, 4.69) is 0 Å². The summed E-state index contributed by atoms with van der Waals surface area (Å²) in [6.07, 6.45) is 0.474. The van der Waals surface area contributed by atoms with Crippen LogP contribution in [0.5, 0.6) is 5.75 Å². The fraction of sp³-hybridized carbons (Fsp3) is 0.667. The normalized spacial score (nSPS) is 15.2. The van der Waals surface area contributed by atoms with Crippen LogP contribution in [0.2, 0.25) is 0 Å². The summed E-state index contributed by atoms with van der Waals surface area (Å²) in [7, 11) is -4.82. The number of rotatable bonds is 8. The van der Waals surface area contributed by atoms with E-state index in [9.17, 15) is 13.0 Å². The first-order valence-corrected chi connectivity index (χ1v) is 9.53. The van der Waals surface area contributed by atoms with Gasteiger partial charge in [-0.2, -0.15) is 0 Å². The Morgan fingerprint density at radius 1 is 1.04 bits per heavy atom. The maximum atomic E-state index is 12.3. The Kier molecular flexibility index (Phi) is 9.16. The fourth-order valence-corrected chi connectivity index (χ4v) is 4.38. The topological polar surface area (TPSA) is 75.7 Å². The van der Waals surface area contributed by atoms with Gasteiger partial charge in [0.15, 0.2) is 0 Å².